The maximum Gasteiger partial charge on any atom is 0.390 e. The van der Waals surface area contributed by atoms with Crippen LogP contribution in [-0.4, -0.2) is 28.6 Å². The highest BCUT2D eigenvalue weighted by Gasteiger charge is 2.26. The number of hydrogen-bond donors (Lipinski definition) is 1. The van der Waals surface area contributed by atoms with Gasteiger partial charge in [0.25, 0.3) is 5.91 Å². The maximum absolute atomic E-state index is 11.8. The number of aromatic nitrogens is 2. The first-order valence-corrected chi connectivity index (χ1v) is 4.59. The van der Waals surface area contributed by atoms with E-state index in [2.05, 4.69) is 15.3 Å². The molecule has 0 saturated heterocycles. The molecule has 0 atom stereocenters. The van der Waals surface area contributed by atoms with E-state index in [1.807, 2.05) is 0 Å². The molecule has 0 radical (unpaired) electrons. The minimum atomic E-state index is -4.29. The fraction of sp³-hybridized carbons (Fsp3) is 0.375. The van der Waals surface area contributed by atoms with Crippen LogP contribution >= 0.6 is 11.6 Å². The van der Waals surface area contributed by atoms with E-state index in [0.717, 1.165) is 12.4 Å². The summed E-state index contributed by atoms with van der Waals surface area (Å²) in [7, 11) is 0. The minimum Gasteiger partial charge on any atom is -0.350 e. The van der Waals surface area contributed by atoms with Gasteiger partial charge in [-0.25, -0.2) is 9.97 Å². The third-order valence-electron chi connectivity index (χ3n) is 1.55. The Morgan fingerprint density at radius 2 is 2.06 bits per heavy atom. The van der Waals surface area contributed by atoms with Crippen molar-refractivity contribution in [3.05, 3.63) is 23.2 Å². The van der Waals surface area contributed by atoms with E-state index in [1.165, 1.54) is 0 Å². The smallest absolute Gasteiger partial charge is 0.350 e. The zero-order chi connectivity index (χ0) is 12.2. The van der Waals surface area contributed by atoms with Gasteiger partial charge in [-0.2, -0.15) is 13.2 Å². The molecule has 1 amide bonds. The van der Waals surface area contributed by atoms with Gasteiger partial charge in [-0.1, -0.05) is 11.6 Å². The largest absolute Gasteiger partial charge is 0.390 e. The van der Waals surface area contributed by atoms with Gasteiger partial charge >= 0.3 is 6.18 Å². The molecule has 8 heteroatoms. The Bertz CT molecular complexity index is 366. The number of nitrogens with zero attached hydrogens (tertiary/aromatic N) is 2. The molecule has 0 aliphatic carbocycles. The van der Waals surface area contributed by atoms with Gasteiger partial charge in [0.05, 0.1) is 18.8 Å². The average Bonchev–Trinajstić information content (AvgIpc) is 2.16. The monoisotopic (exact) mass is 253 g/mol. The van der Waals surface area contributed by atoms with Gasteiger partial charge in [0.1, 0.15) is 10.8 Å². The Morgan fingerprint density at radius 1 is 1.38 bits per heavy atom. The van der Waals surface area contributed by atoms with Crippen LogP contribution in [0, 0.1) is 0 Å². The minimum absolute atomic E-state index is 0.0772. The van der Waals surface area contributed by atoms with Crippen LogP contribution in [0.2, 0.25) is 5.15 Å². The van der Waals surface area contributed by atoms with E-state index in [0.29, 0.717) is 0 Å². The van der Waals surface area contributed by atoms with Crippen LogP contribution in [0.1, 0.15) is 16.9 Å². The summed E-state index contributed by atoms with van der Waals surface area (Å²) < 4.78 is 35.3. The van der Waals surface area contributed by atoms with E-state index in [9.17, 15) is 18.0 Å². The SMILES string of the molecule is O=C(NCCC(F)(F)F)c1cnc(Cl)cn1. The Morgan fingerprint density at radius 3 is 2.56 bits per heavy atom. The molecule has 1 aromatic rings. The zero-order valence-corrected chi connectivity index (χ0v) is 8.64. The summed E-state index contributed by atoms with van der Waals surface area (Å²) in [4.78, 5) is 18.4. The fourth-order valence-corrected chi connectivity index (χ4v) is 0.935. The van der Waals surface area contributed by atoms with Gasteiger partial charge in [0.2, 0.25) is 0 Å². The van der Waals surface area contributed by atoms with Crippen molar-refractivity contribution in [3.8, 4) is 0 Å². The summed E-state index contributed by atoms with van der Waals surface area (Å²) in [6, 6.07) is 0. The molecule has 0 fully saturated rings. The van der Waals surface area contributed by atoms with Crippen LogP contribution in [0.3, 0.4) is 0 Å². The first-order valence-electron chi connectivity index (χ1n) is 4.21. The van der Waals surface area contributed by atoms with Crippen molar-refractivity contribution >= 4 is 17.5 Å². The lowest BCUT2D eigenvalue weighted by Crippen LogP contribution is -2.28. The summed E-state index contributed by atoms with van der Waals surface area (Å²) >= 11 is 5.43. The van der Waals surface area contributed by atoms with Gasteiger partial charge in [-0.05, 0) is 0 Å². The Balaban J connectivity index is 2.44. The Kier molecular flexibility index (Phi) is 4.05. The molecule has 1 aromatic heterocycles. The molecule has 88 valence electrons. The molecular weight excluding hydrogens is 247 g/mol. The number of carbonyl (C=O) groups excluding carboxylic acids is 1. The molecule has 0 spiro atoms. The molecule has 16 heavy (non-hydrogen) atoms. The summed E-state index contributed by atoms with van der Waals surface area (Å²) in [6.45, 7) is -0.493. The van der Waals surface area contributed by atoms with E-state index >= 15 is 0 Å². The number of rotatable bonds is 3. The highest BCUT2D eigenvalue weighted by molar-refractivity contribution is 6.29. The van der Waals surface area contributed by atoms with Gasteiger partial charge in [-0.3, -0.25) is 4.79 Å². The van der Waals surface area contributed by atoms with Crippen molar-refractivity contribution in [1.82, 2.24) is 15.3 Å². The van der Waals surface area contributed by atoms with Crippen molar-refractivity contribution < 1.29 is 18.0 Å². The van der Waals surface area contributed by atoms with Crippen molar-refractivity contribution in [2.75, 3.05) is 6.54 Å². The topological polar surface area (TPSA) is 54.9 Å². The van der Waals surface area contributed by atoms with E-state index in [-0.39, 0.29) is 10.8 Å². The number of carbonyl (C=O) groups is 1. The van der Waals surface area contributed by atoms with Crippen molar-refractivity contribution in [3.63, 3.8) is 0 Å². The van der Waals surface area contributed by atoms with Gasteiger partial charge < -0.3 is 5.32 Å². The predicted molar refractivity (Wildman–Crippen MR) is 50.0 cm³/mol. The van der Waals surface area contributed by atoms with Gasteiger partial charge in [0, 0.05) is 6.54 Å². The zero-order valence-electron chi connectivity index (χ0n) is 7.88. The molecule has 0 aromatic carbocycles. The average molecular weight is 254 g/mol. The van der Waals surface area contributed by atoms with Crippen molar-refractivity contribution in [1.29, 1.82) is 0 Å². The second-order valence-corrected chi connectivity index (χ2v) is 3.23. The number of hydrogen-bond acceptors (Lipinski definition) is 3. The van der Waals surface area contributed by atoms with Gasteiger partial charge in [0.15, 0.2) is 0 Å². The second-order valence-electron chi connectivity index (χ2n) is 2.85. The molecule has 1 heterocycles. The van der Waals surface area contributed by atoms with Crippen molar-refractivity contribution in [2.24, 2.45) is 0 Å². The quantitative estimate of drug-likeness (QED) is 0.894. The first-order chi connectivity index (χ1) is 7.38. The summed E-state index contributed by atoms with van der Waals surface area (Å²) in [5, 5.41) is 2.17. The predicted octanol–water partition coefficient (Wildman–Crippen LogP) is 1.81. The van der Waals surface area contributed by atoms with Crippen molar-refractivity contribution in [2.45, 2.75) is 12.6 Å². The molecule has 1 rings (SSSR count). The third-order valence-corrected chi connectivity index (χ3v) is 1.74. The van der Waals surface area contributed by atoms with E-state index in [1.54, 1.807) is 0 Å². The molecule has 1 N–H and O–H groups in total. The molecule has 0 unspecified atom stereocenters. The molecule has 0 aliphatic heterocycles. The lowest BCUT2D eigenvalue weighted by molar-refractivity contribution is -0.132. The van der Waals surface area contributed by atoms with Crippen LogP contribution < -0.4 is 5.32 Å². The number of nitrogens with one attached hydrogen (secondary N) is 1. The number of amides is 1. The second kappa shape index (κ2) is 5.11. The normalized spacial score (nSPS) is 11.2. The third kappa shape index (κ3) is 4.43. The molecule has 0 bridgehead atoms. The summed E-state index contributed by atoms with van der Waals surface area (Å²) in [5.41, 5.74) is -0.0772. The van der Waals surface area contributed by atoms with Crippen LogP contribution in [0.5, 0.6) is 0 Å². The maximum atomic E-state index is 11.8. The Labute approximate surface area is 93.8 Å². The lowest BCUT2D eigenvalue weighted by atomic mass is 10.3. The molecular formula is C8H7ClF3N3O. The van der Waals surface area contributed by atoms with Gasteiger partial charge in [-0.15, -0.1) is 0 Å². The van der Waals surface area contributed by atoms with Crippen LogP contribution in [0.25, 0.3) is 0 Å². The number of halogens is 4. The standard InChI is InChI=1S/C8H7ClF3N3O/c9-6-4-14-5(3-15-6)7(16)13-2-1-8(10,11)12/h3-4H,1-2H2,(H,13,16). The number of alkyl halides is 3. The van der Waals surface area contributed by atoms with Crippen LogP contribution in [-0.2, 0) is 0 Å². The lowest BCUT2D eigenvalue weighted by Gasteiger charge is -2.07. The summed E-state index contributed by atoms with van der Waals surface area (Å²) in [6.07, 6.45) is -3.15. The fourth-order valence-electron chi connectivity index (χ4n) is 0.838. The van der Waals surface area contributed by atoms with Crippen LogP contribution in [0.4, 0.5) is 13.2 Å². The molecule has 0 aliphatic rings. The highest BCUT2D eigenvalue weighted by Crippen LogP contribution is 2.18. The first kappa shape index (κ1) is 12.7. The van der Waals surface area contributed by atoms with Crippen LogP contribution in [0.15, 0.2) is 12.4 Å². The summed E-state index contributed by atoms with van der Waals surface area (Å²) in [5.74, 6) is -0.714. The van der Waals surface area contributed by atoms with E-state index in [4.69, 9.17) is 11.6 Å². The Hall–Kier alpha value is -1.37. The molecule has 0 saturated carbocycles. The highest BCUT2D eigenvalue weighted by atomic mass is 35.5. The van der Waals surface area contributed by atoms with E-state index < -0.39 is 25.0 Å². The molecule has 4 nitrogen and oxygen atoms in total.